The first-order valence-corrected chi connectivity index (χ1v) is 3.29. The van der Waals surface area contributed by atoms with Crippen molar-refractivity contribution in [1.29, 1.82) is 0 Å². The van der Waals surface area contributed by atoms with Gasteiger partial charge in [0.05, 0.1) is 19.6 Å². The Kier molecular flexibility index (Phi) is 12.2. The molecule has 0 aromatic rings. The monoisotopic (exact) mass is 266 g/mol. The Labute approximate surface area is 96.9 Å². The normalized spacial score (nSPS) is 8.60. The van der Waals surface area contributed by atoms with Crippen molar-refractivity contribution in [1.82, 2.24) is 4.90 Å². The van der Waals surface area contributed by atoms with Crippen LogP contribution in [-0.2, 0) is 31.2 Å². The molecule has 0 aliphatic heterocycles. The minimum absolute atomic E-state index is 0. The second kappa shape index (κ2) is 9.43. The molecule has 0 amide bonds. The predicted octanol–water partition coefficient (Wildman–Crippen LogP) is -0.824. The molecule has 1 radical (unpaired) electrons. The van der Waals surface area contributed by atoms with Crippen molar-refractivity contribution in [2.75, 3.05) is 19.6 Å². The molecule has 0 heterocycles. The van der Waals surface area contributed by atoms with Gasteiger partial charge in [-0.05, 0) is 0 Å². The summed E-state index contributed by atoms with van der Waals surface area (Å²) in [6.07, 6.45) is 0. The van der Waals surface area contributed by atoms with E-state index in [9.17, 15) is 14.4 Å². The number of carboxylic acids is 3. The fourth-order valence-electron chi connectivity index (χ4n) is 0.742. The zero-order valence-electron chi connectivity index (χ0n) is 6.97. The van der Waals surface area contributed by atoms with E-state index in [0.717, 1.165) is 4.90 Å². The number of carboxylic acid groups (broad SMARTS) is 3. The molecule has 7 nitrogen and oxygen atoms in total. The minimum atomic E-state index is -1.26. The molecule has 0 aromatic heterocycles. The van der Waals surface area contributed by atoms with Gasteiger partial charge < -0.3 is 15.3 Å². The Morgan fingerprint density at radius 3 is 1.13 bits per heavy atom. The van der Waals surface area contributed by atoms with Crippen molar-refractivity contribution >= 4 is 17.9 Å². The third kappa shape index (κ3) is 12.9. The second-order valence-corrected chi connectivity index (χ2v) is 2.33. The summed E-state index contributed by atoms with van der Waals surface area (Å²) >= 11 is 0. The molecule has 0 unspecified atom stereocenters. The van der Waals surface area contributed by atoms with Crippen LogP contribution in [0.1, 0.15) is 7.43 Å². The van der Waals surface area contributed by atoms with Gasteiger partial charge in [-0.2, -0.15) is 0 Å². The quantitative estimate of drug-likeness (QED) is 0.575. The summed E-state index contributed by atoms with van der Waals surface area (Å²) in [6, 6.07) is 0. The van der Waals surface area contributed by atoms with Crippen molar-refractivity contribution in [2.24, 2.45) is 0 Å². The average Bonchev–Trinajstić information content (AvgIpc) is 1.80. The van der Waals surface area contributed by atoms with Crippen LogP contribution >= 0.6 is 0 Å². The number of nitrogens with zero attached hydrogens (tertiary/aromatic N) is 1. The fraction of sp³-hybridized carbons (Fsp3) is 0.571. The largest absolute Gasteiger partial charge is 0.480 e. The standard InChI is InChI=1S/C6H9NO6.CH4.Co/c8-4(9)1-7(2-5(10)11)3-6(12)13;;/h1-3H2,(H,8,9)(H,10,11)(H,12,13);1H4;. The number of hydrogen-bond donors (Lipinski definition) is 3. The summed E-state index contributed by atoms with van der Waals surface area (Å²) in [7, 11) is 0. The molecule has 0 aliphatic carbocycles. The van der Waals surface area contributed by atoms with E-state index in [2.05, 4.69) is 0 Å². The Morgan fingerprint density at radius 2 is 1.00 bits per heavy atom. The third-order valence-corrected chi connectivity index (χ3v) is 1.08. The molecule has 0 aliphatic rings. The molecule has 15 heavy (non-hydrogen) atoms. The summed E-state index contributed by atoms with van der Waals surface area (Å²) in [6.45, 7) is -1.80. The molecule has 0 saturated heterocycles. The van der Waals surface area contributed by atoms with Crippen molar-refractivity contribution in [2.45, 2.75) is 7.43 Å². The molecule has 0 bridgehead atoms. The van der Waals surface area contributed by atoms with Crippen molar-refractivity contribution in [3.8, 4) is 0 Å². The Balaban J connectivity index is -0.000000720. The SMILES string of the molecule is C.O=C(O)CN(CC(=O)O)CC(=O)O.[Co]. The number of carbonyl (C=O) groups is 3. The maximum atomic E-state index is 10.1. The zero-order valence-corrected chi connectivity index (χ0v) is 8.01. The van der Waals surface area contributed by atoms with Crippen LogP contribution < -0.4 is 0 Å². The molecule has 0 atom stereocenters. The van der Waals surface area contributed by atoms with Gasteiger partial charge in [-0.25, -0.2) is 0 Å². The summed E-state index contributed by atoms with van der Waals surface area (Å²) in [5.74, 6) is -3.78. The van der Waals surface area contributed by atoms with Gasteiger partial charge in [0.15, 0.2) is 0 Å². The van der Waals surface area contributed by atoms with Crippen LogP contribution in [0.5, 0.6) is 0 Å². The number of hydrogen-bond acceptors (Lipinski definition) is 4. The van der Waals surface area contributed by atoms with E-state index in [1.807, 2.05) is 0 Å². The smallest absolute Gasteiger partial charge is 0.317 e. The maximum absolute atomic E-state index is 10.1. The minimum Gasteiger partial charge on any atom is -0.480 e. The average molecular weight is 266 g/mol. The van der Waals surface area contributed by atoms with E-state index in [4.69, 9.17) is 15.3 Å². The Morgan fingerprint density at radius 1 is 0.800 bits per heavy atom. The molecule has 0 aromatic carbocycles. The van der Waals surface area contributed by atoms with Crippen molar-refractivity contribution < 1.29 is 46.5 Å². The predicted molar refractivity (Wildman–Crippen MR) is 46.1 cm³/mol. The van der Waals surface area contributed by atoms with Crippen LogP contribution in [0.3, 0.4) is 0 Å². The van der Waals surface area contributed by atoms with Gasteiger partial charge in [-0.3, -0.25) is 19.3 Å². The van der Waals surface area contributed by atoms with Gasteiger partial charge in [0.1, 0.15) is 0 Å². The van der Waals surface area contributed by atoms with E-state index in [1.165, 1.54) is 0 Å². The summed E-state index contributed by atoms with van der Waals surface area (Å²) < 4.78 is 0. The number of aliphatic carboxylic acids is 3. The van der Waals surface area contributed by atoms with Gasteiger partial charge in [0.2, 0.25) is 0 Å². The molecule has 91 valence electrons. The Bertz CT molecular complexity index is 193. The molecule has 8 heteroatoms. The second-order valence-electron chi connectivity index (χ2n) is 2.33. The molecular formula is C7H13CoNO6. The summed E-state index contributed by atoms with van der Waals surface area (Å²) in [4.78, 5) is 31.2. The van der Waals surface area contributed by atoms with Gasteiger partial charge in [0.25, 0.3) is 0 Å². The number of rotatable bonds is 6. The van der Waals surface area contributed by atoms with Crippen LogP contribution in [0.25, 0.3) is 0 Å². The van der Waals surface area contributed by atoms with E-state index in [0.29, 0.717) is 0 Å². The van der Waals surface area contributed by atoms with E-state index in [-0.39, 0.29) is 24.2 Å². The van der Waals surface area contributed by atoms with Gasteiger partial charge in [0, 0.05) is 16.8 Å². The molecule has 0 spiro atoms. The van der Waals surface area contributed by atoms with Crippen molar-refractivity contribution in [3.63, 3.8) is 0 Å². The molecular weight excluding hydrogens is 253 g/mol. The first-order valence-electron chi connectivity index (χ1n) is 3.29. The first-order chi connectivity index (χ1) is 5.91. The maximum Gasteiger partial charge on any atom is 0.317 e. The van der Waals surface area contributed by atoms with Gasteiger partial charge in [-0.15, -0.1) is 0 Å². The van der Waals surface area contributed by atoms with E-state index >= 15 is 0 Å². The zero-order chi connectivity index (χ0) is 10.4. The first kappa shape index (κ1) is 19.4. The summed E-state index contributed by atoms with van der Waals surface area (Å²) in [5.41, 5.74) is 0. The topological polar surface area (TPSA) is 115 Å². The van der Waals surface area contributed by atoms with E-state index < -0.39 is 37.5 Å². The van der Waals surface area contributed by atoms with Gasteiger partial charge in [-0.1, -0.05) is 7.43 Å². The summed E-state index contributed by atoms with van der Waals surface area (Å²) in [5, 5.41) is 24.8. The van der Waals surface area contributed by atoms with Crippen LogP contribution in [0.4, 0.5) is 0 Å². The van der Waals surface area contributed by atoms with Crippen LogP contribution in [0.15, 0.2) is 0 Å². The van der Waals surface area contributed by atoms with Crippen LogP contribution in [0.2, 0.25) is 0 Å². The van der Waals surface area contributed by atoms with Crippen LogP contribution in [-0.4, -0.2) is 57.8 Å². The molecule has 0 fully saturated rings. The fourth-order valence-corrected chi connectivity index (χ4v) is 0.742. The third-order valence-electron chi connectivity index (χ3n) is 1.08. The molecule has 3 N–H and O–H groups in total. The van der Waals surface area contributed by atoms with E-state index in [1.54, 1.807) is 0 Å². The van der Waals surface area contributed by atoms with Crippen LogP contribution in [0, 0.1) is 0 Å². The van der Waals surface area contributed by atoms with Crippen molar-refractivity contribution in [3.05, 3.63) is 0 Å². The molecule has 0 saturated carbocycles. The van der Waals surface area contributed by atoms with Gasteiger partial charge >= 0.3 is 17.9 Å². The Hall–Kier alpha value is -1.12. The molecule has 0 rings (SSSR count).